The first-order valence-electron chi connectivity index (χ1n) is 5.90. The summed E-state index contributed by atoms with van der Waals surface area (Å²) >= 11 is 5.59. The van der Waals surface area contributed by atoms with Gasteiger partial charge in [0.2, 0.25) is 0 Å². The third-order valence-electron chi connectivity index (χ3n) is 2.70. The lowest BCUT2D eigenvalue weighted by molar-refractivity contribution is 0.0901. The largest absolute Gasteiger partial charge is 0.344 e. The van der Waals surface area contributed by atoms with Crippen LogP contribution < -0.4 is 5.32 Å². The number of halogens is 2. The van der Waals surface area contributed by atoms with Crippen LogP contribution >= 0.6 is 11.6 Å². The summed E-state index contributed by atoms with van der Waals surface area (Å²) in [5.41, 5.74) is 0.303. The number of nitrogens with one attached hydrogen (secondary N) is 1. The van der Waals surface area contributed by atoms with Gasteiger partial charge in [-0.15, -0.1) is 0 Å². The Morgan fingerprint density at radius 3 is 2.45 bits per heavy atom. The monoisotopic (exact) mass is 291 g/mol. The van der Waals surface area contributed by atoms with E-state index in [1.165, 1.54) is 18.2 Å². The van der Waals surface area contributed by atoms with Crippen molar-refractivity contribution >= 4 is 23.3 Å². The Kier molecular flexibility index (Phi) is 4.48. The van der Waals surface area contributed by atoms with Crippen LogP contribution in [-0.4, -0.2) is 18.2 Å². The number of hydrogen-bond donors (Lipinski definition) is 1. The van der Waals surface area contributed by atoms with E-state index < -0.39 is 11.7 Å². The molecule has 1 amide bonds. The Hall–Kier alpha value is -2.20. The minimum atomic E-state index is -0.793. The molecular weight excluding hydrogens is 281 g/mol. The first-order chi connectivity index (χ1) is 9.59. The van der Waals surface area contributed by atoms with E-state index in [0.717, 1.165) is 0 Å². The molecule has 20 heavy (non-hydrogen) atoms. The second-order valence-electron chi connectivity index (χ2n) is 4.07. The van der Waals surface area contributed by atoms with Gasteiger partial charge in [-0.25, -0.2) is 4.39 Å². The van der Waals surface area contributed by atoms with Gasteiger partial charge in [-0.1, -0.05) is 48.0 Å². The lowest BCUT2D eigenvalue weighted by Gasteiger charge is -2.06. The zero-order valence-electron chi connectivity index (χ0n) is 10.4. The smallest absolute Gasteiger partial charge is 0.254 e. The molecule has 0 aliphatic rings. The molecule has 0 heterocycles. The van der Waals surface area contributed by atoms with Gasteiger partial charge >= 0.3 is 0 Å². The third-order valence-corrected chi connectivity index (χ3v) is 2.99. The van der Waals surface area contributed by atoms with E-state index >= 15 is 0 Å². The number of ketones is 1. The number of carbonyl (C=O) groups excluding carboxylic acids is 2. The highest BCUT2D eigenvalue weighted by atomic mass is 35.5. The highest BCUT2D eigenvalue weighted by Gasteiger charge is 2.15. The summed E-state index contributed by atoms with van der Waals surface area (Å²) in [5.74, 6) is -1.71. The molecule has 0 radical (unpaired) electrons. The minimum Gasteiger partial charge on any atom is -0.344 e. The van der Waals surface area contributed by atoms with E-state index in [1.807, 2.05) is 0 Å². The Labute approximate surface area is 120 Å². The molecule has 3 nitrogen and oxygen atoms in total. The molecule has 2 aromatic carbocycles. The van der Waals surface area contributed by atoms with Crippen LogP contribution in [0.15, 0.2) is 48.5 Å². The summed E-state index contributed by atoms with van der Waals surface area (Å²) in [5, 5.41) is 2.25. The molecule has 0 atom stereocenters. The molecule has 102 valence electrons. The van der Waals surface area contributed by atoms with Gasteiger partial charge in [0.05, 0.1) is 17.1 Å². The molecule has 2 rings (SSSR count). The van der Waals surface area contributed by atoms with Gasteiger partial charge in [0.15, 0.2) is 11.6 Å². The van der Waals surface area contributed by atoms with Gasteiger partial charge in [-0.2, -0.15) is 0 Å². The maximum absolute atomic E-state index is 13.6. The second kappa shape index (κ2) is 6.30. The van der Waals surface area contributed by atoms with Crippen LogP contribution in [0.5, 0.6) is 0 Å². The fourth-order valence-corrected chi connectivity index (χ4v) is 1.84. The topological polar surface area (TPSA) is 46.2 Å². The molecule has 0 unspecified atom stereocenters. The molecule has 0 bridgehead atoms. The number of benzene rings is 2. The Morgan fingerprint density at radius 2 is 1.75 bits per heavy atom. The van der Waals surface area contributed by atoms with Crippen molar-refractivity contribution in [2.24, 2.45) is 0 Å². The number of carbonyl (C=O) groups is 2. The number of Topliss-reactive ketones (excluding diaryl/α,β-unsaturated/α-hetero) is 1. The lowest BCUT2D eigenvalue weighted by atomic mass is 10.1. The van der Waals surface area contributed by atoms with E-state index in [1.54, 1.807) is 30.3 Å². The number of amides is 1. The zero-order chi connectivity index (χ0) is 14.5. The Balaban J connectivity index is 2.03. The number of rotatable bonds is 4. The van der Waals surface area contributed by atoms with Gasteiger partial charge < -0.3 is 5.32 Å². The first-order valence-corrected chi connectivity index (χ1v) is 6.28. The van der Waals surface area contributed by atoms with Gasteiger partial charge in [-0.3, -0.25) is 9.59 Å². The van der Waals surface area contributed by atoms with E-state index in [9.17, 15) is 14.0 Å². The maximum atomic E-state index is 13.6. The van der Waals surface area contributed by atoms with Gasteiger partial charge in [0.1, 0.15) is 0 Å². The summed E-state index contributed by atoms with van der Waals surface area (Å²) in [6, 6.07) is 12.7. The van der Waals surface area contributed by atoms with Crippen LogP contribution in [0.4, 0.5) is 4.39 Å². The molecule has 2 aromatic rings. The molecule has 5 heteroatoms. The van der Waals surface area contributed by atoms with Crippen LogP contribution in [0.1, 0.15) is 20.7 Å². The highest BCUT2D eigenvalue weighted by molar-refractivity contribution is 6.31. The summed E-state index contributed by atoms with van der Waals surface area (Å²) < 4.78 is 13.6. The zero-order valence-corrected chi connectivity index (χ0v) is 11.2. The average molecular weight is 292 g/mol. The van der Waals surface area contributed by atoms with Crippen molar-refractivity contribution in [1.82, 2.24) is 5.32 Å². The van der Waals surface area contributed by atoms with Crippen molar-refractivity contribution < 1.29 is 14.0 Å². The molecule has 0 fully saturated rings. The summed E-state index contributed by atoms with van der Waals surface area (Å²) in [4.78, 5) is 23.6. The SMILES string of the molecule is O=C(CNC(=O)c1cccc(Cl)c1F)c1ccccc1. The molecule has 0 aliphatic heterocycles. The lowest BCUT2D eigenvalue weighted by Crippen LogP contribution is -2.30. The van der Waals surface area contributed by atoms with E-state index in [2.05, 4.69) is 5.32 Å². The van der Waals surface area contributed by atoms with Crippen molar-refractivity contribution in [2.75, 3.05) is 6.54 Å². The summed E-state index contributed by atoms with van der Waals surface area (Å²) in [6.07, 6.45) is 0. The molecular formula is C15H11ClFNO2. The van der Waals surface area contributed by atoms with Crippen LogP contribution in [0.2, 0.25) is 5.02 Å². The maximum Gasteiger partial charge on any atom is 0.254 e. The van der Waals surface area contributed by atoms with E-state index in [0.29, 0.717) is 5.56 Å². The van der Waals surface area contributed by atoms with Gasteiger partial charge in [0.25, 0.3) is 5.91 Å². The third kappa shape index (κ3) is 3.22. The van der Waals surface area contributed by atoms with Crippen molar-refractivity contribution in [3.8, 4) is 0 Å². The molecule has 0 aromatic heterocycles. The summed E-state index contributed by atoms with van der Waals surface area (Å²) in [7, 11) is 0. The predicted octanol–water partition coefficient (Wildman–Crippen LogP) is 3.09. The Bertz CT molecular complexity index is 644. The molecule has 0 saturated heterocycles. The average Bonchev–Trinajstić information content (AvgIpc) is 2.48. The molecule has 0 spiro atoms. The quantitative estimate of drug-likeness (QED) is 0.880. The van der Waals surface area contributed by atoms with Crippen molar-refractivity contribution in [3.05, 3.63) is 70.5 Å². The predicted molar refractivity (Wildman–Crippen MR) is 74.5 cm³/mol. The van der Waals surface area contributed by atoms with Crippen molar-refractivity contribution in [3.63, 3.8) is 0 Å². The van der Waals surface area contributed by atoms with Crippen LogP contribution in [0, 0.1) is 5.82 Å². The first kappa shape index (κ1) is 14.2. The van der Waals surface area contributed by atoms with Gasteiger partial charge in [-0.05, 0) is 12.1 Å². The molecule has 1 N–H and O–H groups in total. The highest BCUT2D eigenvalue weighted by Crippen LogP contribution is 2.17. The van der Waals surface area contributed by atoms with Crippen LogP contribution in [0.25, 0.3) is 0 Å². The normalized spacial score (nSPS) is 10.1. The minimum absolute atomic E-state index is 0.132. The van der Waals surface area contributed by atoms with Gasteiger partial charge in [0, 0.05) is 5.56 Å². The standard InChI is InChI=1S/C15H11ClFNO2/c16-12-8-4-7-11(14(12)17)15(20)18-9-13(19)10-5-2-1-3-6-10/h1-8H,9H2,(H,18,20). The summed E-state index contributed by atoms with van der Waals surface area (Å²) in [6.45, 7) is -0.200. The van der Waals surface area contributed by atoms with E-state index in [-0.39, 0.29) is 22.9 Å². The molecule has 0 saturated carbocycles. The van der Waals surface area contributed by atoms with Crippen LogP contribution in [0.3, 0.4) is 0 Å². The Morgan fingerprint density at radius 1 is 1.05 bits per heavy atom. The van der Waals surface area contributed by atoms with E-state index in [4.69, 9.17) is 11.6 Å². The van der Waals surface area contributed by atoms with Crippen LogP contribution in [-0.2, 0) is 0 Å². The molecule has 0 aliphatic carbocycles. The fraction of sp³-hybridized carbons (Fsp3) is 0.0667. The van der Waals surface area contributed by atoms with Crippen molar-refractivity contribution in [2.45, 2.75) is 0 Å². The second-order valence-corrected chi connectivity index (χ2v) is 4.48. The van der Waals surface area contributed by atoms with Crippen molar-refractivity contribution in [1.29, 1.82) is 0 Å². The number of hydrogen-bond acceptors (Lipinski definition) is 2. The fourth-order valence-electron chi connectivity index (χ4n) is 1.66.